The zero-order valence-electron chi connectivity index (χ0n) is 7.88. The first-order valence-corrected chi connectivity index (χ1v) is 4.71. The van der Waals surface area contributed by atoms with Crippen LogP contribution in [0.5, 0.6) is 0 Å². The van der Waals surface area contributed by atoms with Gasteiger partial charge in [0.05, 0.1) is 0 Å². The largest absolute Gasteiger partial charge is 0.338 e. The Kier molecular flexibility index (Phi) is 2.44. The van der Waals surface area contributed by atoms with Gasteiger partial charge in [0, 0.05) is 19.6 Å². The number of rotatable bonds is 1. The number of hydrogen-bond donors (Lipinski definition) is 2. The third-order valence-corrected chi connectivity index (χ3v) is 2.21. The Morgan fingerprint density at radius 3 is 3.00 bits per heavy atom. The summed E-state index contributed by atoms with van der Waals surface area (Å²) in [6.07, 6.45) is 1.16. The first-order chi connectivity index (χ1) is 6.36. The average Bonchev–Trinajstić information content (AvgIpc) is 2.43. The standard InChI is InChI=1S/C8H15N5/c1-7-10-8(12-11-7)13-5-2-3-9-4-6-13/h9H,2-6H2,1H3,(H,10,11,12). The molecule has 2 heterocycles. The lowest BCUT2D eigenvalue weighted by molar-refractivity contribution is 0.724. The molecule has 13 heavy (non-hydrogen) atoms. The number of aromatic amines is 1. The molecule has 0 bridgehead atoms. The van der Waals surface area contributed by atoms with Gasteiger partial charge < -0.3 is 10.2 Å². The van der Waals surface area contributed by atoms with Gasteiger partial charge in [0.15, 0.2) is 0 Å². The lowest BCUT2D eigenvalue weighted by atomic mass is 10.4. The normalized spacial score (nSPS) is 18.7. The molecule has 5 nitrogen and oxygen atoms in total. The predicted molar refractivity (Wildman–Crippen MR) is 50.8 cm³/mol. The Labute approximate surface area is 77.5 Å². The van der Waals surface area contributed by atoms with E-state index in [1.807, 2.05) is 6.92 Å². The molecule has 1 aliphatic rings. The van der Waals surface area contributed by atoms with Gasteiger partial charge in [-0.05, 0) is 19.9 Å². The van der Waals surface area contributed by atoms with Crippen molar-refractivity contribution in [2.24, 2.45) is 0 Å². The molecule has 0 amide bonds. The number of nitrogens with one attached hydrogen (secondary N) is 2. The minimum Gasteiger partial charge on any atom is -0.338 e. The van der Waals surface area contributed by atoms with Crippen molar-refractivity contribution in [3.8, 4) is 0 Å². The summed E-state index contributed by atoms with van der Waals surface area (Å²) in [5, 5.41) is 10.4. The molecule has 1 aromatic rings. The molecule has 0 atom stereocenters. The van der Waals surface area contributed by atoms with Gasteiger partial charge in [-0.25, -0.2) is 0 Å². The van der Waals surface area contributed by atoms with Crippen LogP contribution >= 0.6 is 0 Å². The molecule has 72 valence electrons. The van der Waals surface area contributed by atoms with Gasteiger partial charge in [0.25, 0.3) is 0 Å². The molecule has 0 spiro atoms. The van der Waals surface area contributed by atoms with Crippen LogP contribution in [0, 0.1) is 6.92 Å². The molecule has 1 fully saturated rings. The van der Waals surface area contributed by atoms with Crippen LogP contribution in [0.3, 0.4) is 0 Å². The second-order valence-electron chi connectivity index (χ2n) is 3.31. The second kappa shape index (κ2) is 3.74. The number of aryl methyl sites for hydroxylation is 1. The van der Waals surface area contributed by atoms with E-state index in [0.29, 0.717) is 0 Å². The van der Waals surface area contributed by atoms with E-state index in [1.165, 1.54) is 0 Å². The Bertz CT molecular complexity index is 261. The van der Waals surface area contributed by atoms with Crippen molar-refractivity contribution in [3.05, 3.63) is 5.82 Å². The summed E-state index contributed by atoms with van der Waals surface area (Å²) in [5.41, 5.74) is 0. The van der Waals surface area contributed by atoms with Crippen molar-refractivity contribution in [1.82, 2.24) is 20.5 Å². The fourth-order valence-corrected chi connectivity index (χ4v) is 1.52. The highest BCUT2D eigenvalue weighted by atomic mass is 15.4. The third-order valence-electron chi connectivity index (χ3n) is 2.21. The zero-order chi connectivity index (χ0) is 9.10. The molecule has 5 heteroatoms. The molecule has 1 aromatic heterocycles. The van der Waals surface area contributed by atoms with Gasteiger partial charge in [0.1, 0.15) is 5.82 Å². The monoisotopic (exact) mass is 181 g/mol. The topological polar surface area (TPSA) is 56.8 Å². The van der Waals surface area contributed by atoms with E-state index < -0.39 is 0 Å². The lowest BCUT2D eigenvalue weighted by Crippen LogP contribution is -2.28. The predicted octanol–water partition coefficient (Wildman–Crippen LogP) is -0.0872. The molecular weight excluding hydrogens is 166 g/mol. The quantitative estimate of drug-likeness (QED) is 0.636. The van der Waals surface area contributed by atoms with Gasteiger partial charge in [0.2, 0.25) is 5.95 Å². The second-order valence-corrected chi connectivity index (χ2v) is 3.31. The van der Waals surface area contributed by atoms with Crippen LogP contribution in [-0.4, -0.2) is 41.4 Å². The maximum absolute atomic E-state index is 4.31. The minimum atomic E-state index is 0.834. The van der Waals surface area contributed by atoms with Crippen molar-refractivity contribution in [2.45, 2.75) is 13.3 Å². The molecule has 2 rings (SSSR count). The van der Waals surface area contributed by atoms with Gasteiger partial charge in [-0.2, -0.15) is 4.98 Å². The number of H-pyrrole nitrogens is 1. The summed E-state index contributed by atoms with van der Waals surface area (Å²) in [5.74, 6) is 1.72. The number of anilines is 1. The molecule has 0 aromatic carbocycles. The van der Waals surface area contributed by atoms with Crippen LogP contribution < -0.4 is 10.2 Å². The van der Waals surface area contributed by atoms with E-state index in [4.69, 9.17) is 0 Å². The first-order valence-electron chi connectivity index (χ1n) is 4.71. The van der Waals surface area contributed by atoms with Gasteiger partial charge >= 0.3 is 0 Å². The number of aromatic nitrogens is 3. The lowest BCUT2D eigenvalue weighted by Gasteiger charge is -2.16. The average molecular weight is 181 g/mol. The highest BCUT2D eigenvalue weighted by Crippen LogP contribution is 2.07. The fraction of sp³-hybridized carbons (Fsp3) is 0.750. The van der Waals surface area contributed by atoms with Gasteiger partial charge in [-0.15, -0.1) is 5.10 Å². The Hall–Kier alpha value is -1.10. The van der Waals surface area contributed by atoms with Crippen LogP contribution in [0.25, 0.3) is 0 Å². The highest BCUT2D eigenvalue weighted by Gasteiger charge is 2.12. The molecule has 1 aliphatic heterocycles. The van der Waals surface area contributed by atoms with E-state index in [9.17, 15) is 0 Å². The molecule has 0 radical (unpaired) electrons. The maximum atomic E-state index is 4.31. The molecule has 1 saturated heterocycles. The van der Waals surface area contributed by atoms with Crippen molar-refractivity contribution in [1.29, 1.82) is 0 Å². The SMILES string of the molecule is Cc1nc(N2CCCNCC2)n[nH]1. The Morgan fingerprint density at radius 2 is 2.23 bits per heavy atom. The molecule has 0 saturated carbocycles. The molecule has 0 aliphatic carbocycles. The first kappa shape index (κ1) is 8.50. The highest BCUT2D eigenvalue weighted by molar-refractivity contribution is 5.28. The van der Waals surface area contributed by atoms with Crippen LogP contribution in [0.4, 0.5) is 5.95 Å². The zero-order valence-corrected chi connectivity index (χ0v) is 7.88. The molecular formula is C8H15N5. The molecule has 0 unspecified atom stereocenters. The summed E-state index contributed by atoms with van der Waals surface area (Å²) >= 11 is 0. The van der Waals surface area contributed by atoms with Crippen molar-refractivity contribution >= 4 is 5.95 Å². The van der Waals surface area contributed by atoms with Gasteiger partial charge in [-0.3, -0.25) is 5.10 Å². The smallest absolute Gasteiger partial charge is 0.244 e. The summed E-state index contributed by atoms with van der Waals surface area (Å²) in [4.78, 5) is 6.52. The van der Waals surface area contributed by atoms with Crippen molar-refractivity contribution in [2.75, 3.05) is 31.1 Å². The summed E-state index contributed by atoms with van der Waals surface area (Å²) in [7, 11) is 0. The van der Waals surface area contributed by atoms with E-state index in [-0.39, 0.29) is 0 Å². The third kappa shape index (κ3) is 1.98. The van der Waals surface area contributed by atoms with E-state index in [1.54, 1.807) is 0 Å². The summed E-state index contributed by atoms with van der Waals surface area (Å²) < 4.78 is 0. The van der Waals surface area contributed by atoms with Crippen molar-refractivity contribution < 1.29 is 0 Å². The number of nitrogens with zero attached hydrogens (tertiary/aromatic N) is 3. The number of hydrogen-bond acceptors (Lipinski definition) is 4. The van der Waals surface area contributed by atoms with Crippen LogP contribution in [0.15, 0.2) is 0 Å². The minimum absolute atomic E-state index is 0.834. The maximum Gasteiger partial charge on any atom is 0.244 e. The molecule has 2 N–H and O–H groups in total. The van der Waals surface area contributed by atoms with E-state index in [0.717, 1.165) is 44.4 Å². The van der Waals surface area contributed by atoms with E-state index in [2.05, 4.69) is 25.4 Å². The van der Waals surface area contributed by atoms with Crippen LogP contribution in [-0.2, 0) is 0 Å². The van der Waals surface area contributed by atoms with Crippen LogP contribution in [0.2, 0.25) is 0 Å². The van der Waals surface area contributed by atoms with Gasteiger partial charge in [-0.1, -0.05) is 0 Å². The van der Waals surface area contributed by atoms with Crippen LogP contribution in [0.1, 0.15) is 12.2 Å². The summed E-state index contributed by atoms with van der Waals surface area (Å²) in [6.45, 7) is 6.08. The summed E-state index contributed by atoms with van der Waals surface area (Å²) in [6, 6.07) is 0. The Balaban J connectivity index is 2.06. The van der Waals surface area contributed by atoms with E-state index >= 15 is 0 Å². The fourth-order valence-electron chi connectivity index (χ4n) is 1.52. The Morgan fingerprint density at radius 1 is 1.31 bits per heavy atom. The van der Waals surface area contributed by atoms with Crippen molar-refractivity contribution in [3.63, 3.8) is 0 Å².